The van der Waals surface area contributed by atoms with Gasteiger partial charge in [0.05, 0.1) is 12.3 Å². The fraction of sp³-hybridized carbons (Fsp3) is 0.211. The standard InChI is InChI=1S/C19H17N3O2/c23-19(17-10-5-11-24-17)22-16-9-4-8-15-14(16)12-20-18(21-15)13-6-2-1-3-7-13/h1-3,5-7,10-12,16H,4,8-9H2,(H,22,23)/t16-/m0/s1. The lowest BCUT2D eigenvalue weighted by Crippen LogP contribution is -2.31. The van der Waals surface area contributed by atoms with Gasteiger partial charge >= 0.3 is 0 Å². The highest BCUT2D eigenvalue weighted by Gasteiger charge is 2.25. The fourth-order valence-electron chi connectivity index (χ4n) is 3.06. The van der Waals surface area contributed by atoms with Gasteiger partial charge in [-0.05, 0) is 31.4 Å². The van der Waals surface area contributed by atoms with Crippen molar-refractivity contribution in [3.63, 3.8) is 0 Å². The fourth-order valence-corrected chi connectivity index (χ4v) is 3.06. The molecule has 0 aliphatic heterocycles. The molecule has 1 aliphatic carbocycles. The summed E-state index contributed by atoms with van der Waals surface area (Å²) in [6.07, 6.45) is 6.12. The number of benzene rings is 1. The van der Waals surface area contributed by atoms with Crippen molar-refractivity contribution >= 4 is 5.91 Å². The Kier molecular flexibility index (Phi) is 3.83. The van der Waals surface area contributed by atoms with Crippen LogP contribution in [0.2, 0.25) is 0 Å². The minimum atomic E-state index is -0.204. The Hall–Kier alpha value is -2.95. The normalized spacial score (nSPS) is 16.4. The number of aryl methyl sites for hydroxylation is 1. The third-order valence-electron chi connectivity index (χ3n) is 4.26. The Bertz CT molecular complexity index is 844. The molecule has 0 spiro atoms. The lowest BCUT2D eigenvalue weighted by Gasteiger charge is -2.25. The zero-order valence-corrected chi connectivity index (χ0v) is 13.1. The summed E-state index contributed by atoms with van der Waals surface area (Å²) >= 11 is 0. The van der Waals surface area contributed by atoms with Crippen LogP contribution in [0.15, 0.2) is 59.3 Å². The monoisotopic (exact) mass is 319 g/mol. The first-order valence-corrected chi connectivity index (χ1v) is 8.07. The van der Waals surface area contributed by atoms with E-state index >= 15 is 0 Å². The molecule has 0 bridgehead atoms. The maximum absolute atomic E-state index is 12.2. The van der Waals surface area contributed by atoms with Crippen LogP contribution >= 0.6 is 0 Å². The van der Waals surface area contributed by atoms with E-state index in [1.54, 1.807) is 12.1 Å². The van der Waals surface area contributed by atoms with Gasteiger partial charge in [-0.2, -0.15) is 0 Å². The quantitative estimate of drug-likeness (QED) is 0.801. The third-order valence-corrected chi connectivity index (χ3v) is 4.26. The SMILES string of the molecule is O=C(N[C@H]1CCCc2nc(-c3ccccc3)ncc21)c1ccco1. The molecule has 5 heteroatoms. The Balaban J connectivity index is 1.60. The molecule has 0 radical (unpaired) electrons. The molecule has 2 heterocycles. The lowest BCUT2D eigenvalue weighted by atomic mass is 9.92. The van der Waals surface area contributed by atoms with E-state index in [1.807, 2.05) is 36.5 Å². The average Bonchev–Trinajstić information content (AvgIpc) is 3.17. The Morgan fingerprint density at radius 3 is 2.83 bits per heavy atom. The number of fused-ring (bicyclic) bond motifs is 1. The summed E-state index contributed by atoms with van der Waals surface area (Å²) in [7, 11) is 0. The summed E-state index contributed by atoms with van der Waals surface area (Å²) in [5.74, 6) is 0.848. The summed E-state index contributed by atoms with van der Waals surface area (Å²) in [6, 6.07) is 13.2. The highest BCUT2D eigenvalue weighted by Crippen LogP contribution is 2.29. The molecule has 1 amide bonds. The van der Waals surface area contributed by atoms with Crippen molar-refractivity contribution in [1.82, 2.24) is 15.3 Å². The van der Waals surface area contributed by atoms with E-state index in [-0.39, 0.29) is 11.9 Å². The molecule has 0 saturated carbocycles. The van der Waals surface area contributed by atoms with Crippen molar-refractivity contribution in [1.29, 1.82) is 0 Å². The van der Waals surface area contributed by atoms with Gasteiger partial charge in [-0.25, -0.2) is 9.97 Å². The number of carbonyl (C=O) groups is 1. The van der Waals surface area contributed by atoms with Crippen molar-refractivity contribution in [2.75, 3.05) is 0 Å². The maximum Gasteiger partial charge on any atom is 0.287 e. The number of hydrogen-bond acceptors (Lipinski definition) is 4. The second-order valence-electron chi connectivity index (χ2n) is 5.86. The predicted molar refractivity (Wildman–Crippen MR) is 89.3 cm³/mol. The first kappa shape index (κ1) is 14.6. The molecule has 4 rings (SSSR count). The molecule has 1 aliphatic rings. The molecule has 2 aromatic heterocycles. The number of aromatic nitrogens is 2. The highest BCUT2D eigenvalue weighted by molar-refractivity contribution is 5.91. The van der Waals surface area contributed by atoms with Crippen LogP contribution in [-0.4, -0.2) is 15.9 Å². The molecule has 0 fully saturated rings. The van der Waals surface area contributed by atoms with Gasteiger partial charge in [0.1, 0.15) is 0 Å². The zero-order chi connectivity index (χ0) is 16.4. The number of amides is 1. The summed E-state index contributed by atoms with van der Waals surface area (Å²) in [5.41, 5.74) is 3.02. The number of nitrogens with one attached hydrogen (secondary N) is 1. The van der Waals surface area contributed by atoms with Gasteiger partial charge in [0, 0.05) is 23.0 Å². The Morgan fingerprint density at radius 1 is 1.17 bits per heavy atom. The zero-order valence-electron chi connectivity index (χ0n) is 13.1. The van der Waals surface area contributed by atoms with E-state index in [9.17, 15) is 4.79 Å². The average molecular weight is 319 g/mol. The van der Waals surface area contributed by atoms with Crippen molar-refractivity contribution in [2.45, 2.75) is 25.3 Å². The van der Waals surface area contributed by atoms with Gasteiger partial charge in [-0.3, -0.25) is 4.79 Å². The van der Waals surface area contributed by atoms with Gasteiger partial charge in [-0.15, -0.1) is 0 Å². The van der Waals surface area contributed by atoms with Gasteiger partial charge < -0.3 is 9.73 Å². The molecule has 120 valence electrons. The van der Waals surface area contributed by atoms with E-state index in [0.717, 1.165) is 41.9 Å². The van der Waals surface area contributed by atoms with Gasteiger partial charge in [-0.1, -0.05) is 30.3 Å². The number of nitrogens with zero attached hydrogens (tertiary/aromatic N) is 2. The summed E-state index contributed by atoms with van der Waals surface area (Å²) < 4.78 is 5.16. The van der Waals surface area contributed by atoms with Crippen LogP contribution in [0.25, 0.3) is 11.4 Å². The van der Waals surface area contributed by atoms with E-state index in [2.05, 4.69) is 10.3 Å². The second kappa shape index (κ2) is 6.28. The van der Waals surface area contributed by atoms with E-state index < -0.39 is 0 Å². The molecule has 1 aromatic carbocycles. The van der Waals surface area contributed by atoms with Crippen LogP contribution in [0.4, 0.5) is 0 Å². The third kappa shape index (κ3) is 2.80. The van der Waals surface area contributed by atoms with Gasteiger partial charge in [0.25, 0.3) is 5.91 Å². The predicted octanol–water partition coefficient (Wildman–Crippen LogP) is 3.54. The molecule has 1 atom stereocenters. The molecule has 3 aromatic rings. The van der Waals surface area contributed by atoms with E-state index in [1.165, 1.54) is 6.26 Å². The molecule has 1 N–H and O–H groups in total. The summed E-state index contributed by atoms with van der Waals surface area (Å²) in [4.78, 5) is 21.4. The largest absolute Gasteiger partial charge is 0.459 e. The number of hydrogen-bond donors (Lipinski definition) is 1. The molecule has 0 saturated heterocycles. The molecule has 0 unspecified atom stereocenters. The smallest absolute Gasteiger partial charge is 0.287 e. The Morgan fingerprint density at radius 2 is 2.04 bits per heavy atom. The number of rotatable bonds is 3. The minimum Gasteiger partial charge on any atom is -0.459 e. The minimum absolute atomic E-state index is 0.0730. The number of furan rings is 1. The highest BCUT2D eigenvalue weighted by atomic mass is 16.3. The lowest BCUT2D eigenvalue weighted by molar-refractivity contribution is 0.0904. The van der Waals surface area contributed by atoms with Crippen molar-refractivity contribution < 1.29 is 9.21 Å². The summed E-state index contributed by atoms with van der Waals surface area (Å²) in [5, 5.41) is 3.02. The Labute approximate surface area is 139 Å². The van der Waals surface area contributed by atoms with Crippen LogP contribution in [0.1, 0.15) is 40.7 Å². The van der Waals surface area contributed by atoms with Crippen LogP contribution in [0.3, 0.4) is 0 Å². The maximum atomic E-state index is 12.2. The van der Waals surface area contributed by atoms with Gasteiger partial charge in [0.2, 0.25) is 0 Å². The molecule has 24 heavy (non-hydrogen) atoms. The van der Waals surface area contributed by atoms with Crippen molar-refractivity contribution in [3.8, 4) is 11.4 Å². The van der Waals surface area contributed by atoms with Crippen LogP contribution in [0.5, 0.6) is 0 Å². The topological polar surface area (TPSA) is 68.0 Å². The number of carbonyl (C=O) groups excluding carboxylic acids is 1. The van der Waals surface area contributed by atoms with Crippen LogP contribution in [0, 0.1) is 0 Å². The second-order valence-corrected chi connectivity index (χ2v) is 5.86. The van der Waals surface area contributed by atoms with Crippen LogP contribution in [-0.2, 0) is 6.42 Å². The van der Waals surface area contributed by atoms with E-state index in [0.29, 0.717) is 5.76 Å². The first-order valence-electron chi connectivity index (χ1n) is 8.07. The van der Waals surface area contributed by atoms with Crippen molar-refractivity contribution in [2.24, 2.45) is 0 Å². The van der Waals surface area contributed by atoms with Gasteiger partial charge in [0.15, 0.2) is 11.6 Å². The first-order chi connectivity index (χ1) is 11.8. The molecular weight excluding hydrogens is 302 g/mol. The molecule has 5 nitrogen and oxygen atoms in total. The van der Waals surface area contributed by atoms with Crippen LogP contribution < -0.4 is 5.32 Å². The van der Waals surface area contributed by atoms with Crippen molar-refractivity contribution in [3.05, 3.63) is 71.9 Å². The molecular formula is C19H17N3O2. The summed E-state index contributed by atoms with van der Waals surface area (Å²) in [6.45, 7) is 0. The van der Waals surface area contributed by atoms with E-state index in [4.69, 9.17) is 9.40 Å².